The van der Waals surface area contributed by atoms with Gasteiger partial charge in [-0.15, -0.1) is 0 Å². The molecule has 1 aliphatic carbocycles. The summed E-state index contributed by atoms with van der Waals surface area (Å²) in [7, 11) is -2.06. The van der Waals surface area contributed by atoms with Crippen molar-refractivity contribution in [2.24, 2.45) is 5.92 Å². The molecule has 0 unspecified atom stereocenters. The smallest absolute Gasteiger partial charge is 0.240 e. The number of aryl methyl sites for hydroxylation is 2. The minimum absolute atomic E-state index is 0.0375. The molecular weight excluding hydrogens is 366 g/mol. The van der Waals surface area contributed by atoms with Crippen LogP contribution in [0.25, 0.3) is 0 Å². The third kappa shape index (κ3) is 4.72. The van der Waals surface area contributed by atoms with Gasteiger partial charge in [0.2, 0.25) is 15.9 Å². The normalized spacial score (nSPS) is 15.5. The van der Waals surface area contributed by atoms with Crippen molar-refractivity contribution < 1.29 is 13.2 Å². The molecule has 0 bridgehead atoms. The van der Waals surface area contributed by atoms with Crippen LogP contribution in [-0.2, 0) is 27.8 Å². The highest BCUT2D eigenvalue weighted by molar-refractivity contribution is 7.89. The van der Waals surface area contributed by atoms with E-state index in [4.69, 9.17) is 0 Å². The Bertz CT molecular complexity index is 888. The van der Waals surface area contributed by atoms with Gasteiger partial charge in [-0.2, -0.15) is 5.10 Å². The molecular formula is C18H25N5O3S. The minimum Gasteiger partial charge on any atom is -0.346 e. The highest BCUT2D eigenvalue weighted by atomic mass is 32.2. The van der Waals surface area contributed by atoms with E-state index in [0.29, 0.717) is 18.8 Å². The molecule has 1 atom stereocenters. The second kappa shape index (κ2) is 8.18. The molecule has 0 saturated heterocycles. The molecule has 146 valence electrons. The van der Waals surface area contributed by atoms with E-state index < -0.39 is 10.0 Å². The van der Waals surface area contributed by atoms with E-state index in [2.05, 4.69) is 20.1 Å². The van der Waals surface area contributed by atoms with Gasteiger partial charge in [-0.05, 0) is 56.8 Å². The summed E-state index contributed by atoms with van der Waals surface area (Å²) in [6, 6.07) is 6.49. The first-order chi connectivity index (χ1) is 12.9. The number of rotatable bonds is 9. The number of sulfonamides is 1. The summed E-state index contributed by atoms with van der Waals surface area (Å²) in [6.45, 7) is 2.72. The van der Waals surface area contributed by atoms with Crippen molar-refractivity contribution in [3.8, 4) is 0 Å². The maximum atomic E-state index is 12.5. The predicted octanol–water partition coefficient (Wildman–Crippen LogP) is 1.41. The summed E-state index contributed by atoms with van der Waals surface area (Å²) in [6.07, 6.45) is 4.58. The molecule has 1 saturated carbocycles. The van der Waals surface area contributed by atoms with Crippen LogP contribution in [0.2, 0.25) is 0 Å². The van der Waals surface area contributed by atoms with Crippen LogP contribution in [0, 0.1) is 5.92 Å². The van der Waals surface area contributed by atoms with Crippen molar-refractivity contribution in [1.29, 1.82) is 0 Å². The number of carbonyl (C=O) groups is 1. The van der Waals surface area contributed by atoms with Crippen LogP contribution in [0.5, 0.6) is 0 Å². The lowest BCUT2D eigenvalue weighted by Crippen LogP contribution is -2.32. The number of nitrogens with one attached hydrogen (secondary N) is 2. The van der Waals surface area contributed by atoms with Crippen LogP contribution in [0.15, 0.2) is 35.5 Å². The molecule has 2 N–H and O–H groups in total. The molecule has 3 rings (SSSR count). The summed E-state index contributed by atoms with van der Waals surface area (Å²) in [5.74, 6) is 1.20. The van der Waals surface area contributed by atoms with Gasteiger partial charge in [0, 0.05) is 13.0 Å². The fraction of sp³-hybridized carbons (Fsp3) is 0.500. The van der Waals surface area contributed by atoms with Crippen LogP contribution < -0.4 is 10.0 Å². The van der Waals surface area contributed by atoms with Crippen molar-refractivity contribution in [3.63, 3.8) is 0 Å². The third-order valence-corrected chi connectivity index (χ3v) is 6.21. The SMILES string of the molecule is CCn1ncnc1[C@@H](NC(=O)CCc1ccc(S(=O)(=O)NC)cc1)C1CC1. The zero-order chi connectivity index (χ0) is 19.4. The molecule has 9 heteroatoms. The van der Waals surface area contributed by atoms with E-state index in [1.54, 1.807) is 24.3 Å². The molecule has 2 aromatic rings. The number of carbonyl (C=O) groups excluding carboxylic acids is 1. The van der Waals surface area contributed by atoms with Gasteiger partial charge in [0.25, 0.3) is 0 Å². The molecule has 8 nitrogen and oxygen atoms in total. The Balaban J connectivity index is 1.59. The fourth-order valence-electron chi connectivity index (χ4n) is 3.04. The Kier molecular flexibility index (Phi) is 5.91. The van der Waals surface area contributed by atoms with Crippen LogP contribution in [0.4, 0.5) is 0 Å². The van der Waals surface area contributed by atoms with Gasteiger partial charge >= 0.3 is 0 Å². The highest BCUT2D eigenvalue weighted by Gasteiger charge is 2.36. The van der Waals surface area contributed by atoms with Gasteiger partial charge in [-0.25, -0.2) is 22.8 Å². The Hall–Kier alpha value is -2.26. The lowest BCUT2D eigenvalue weighted by Gasteiger charge is -2.18. The fourth-order valence-corrected chi connectivity index (χ4v) is 3.77. The minimum atomic E-state index is -3.44. The van der Waals surface area contributed by atoms with Crippen LogP contribution in [-0.4, -0.2) is 36.1 Å². The quantitative estimate of drug-likeness (QED) is 0.672. The zero-order valence-corrected chi connectivity index (χ0v) is 16.4. The van der Waals surface area contributed by atoms with Crippen molar-refractivity contribution >= 4 is 15.9 Å². The second-order valence-electron chi connectivity index (χ2n) is 6.67. The standard InChI is InChI=1S/C18H25N5O3S/c1-3-23-18(20-12-21-23)17(14-7-8-14)22-16(24)11-6-13-4-9-15(10-5-13)27(25,26)19-2/h4-5,9-10,12,14,17,19H,3,6-8,11H2,1-2H3,(H,22,24)/t17-/m0/s1. The highest BCUT2D eigenvalue weighted by Crippen LogP contribution is 2.40. The summed E-state index contributed by atoms with van der Waals surface area (Å²) >= 11 is 0. The molecule has 1 fully saturated rings. The van der Waals surface area contributed by atoms with Crippen molar-refractivity contribution in [2.75, 3.05) is 7.05 Å². The Morgan fingerprint density at radius 3 is 2.59 bits per heavy atom. The molecule has 0 spiro atoms. The Morgan fingerprint density at radius 1 is 1.30 bits per heavy atom. The van der Waals surface area contributed by atoms with E-state index in [0.717, 1.165) is 30.8 Å². The lowest BCUT2D eigenvalue weighted by atomic mass is 10.1. The molecule has 1 heterocycles. The van der Waals surface area contributed by atoms with Gasteiger partial charge in [0.15, 0.2) is 0 Å². The number of aromatic nitrogens is 3. The van der Waals surface area contributed by atoms with Gasteiger partial charge < -0.3 is 5.32 Å². The first-order valence-corrected chi connectivity index (χ1v) is 10.6. The van der Waals surface area contributed by atoms with E-state index in [-0.39, 0.29) is 16.8 Å². The van der Waals surface area contributed by atoms with Gasteiger partial charge in [-0.3, -0.25) is 4.79 Å². The molecule has 1 aliphatic rings. The second-order valence-corrected chi connectivity index (χ2v) is 8.55. The van der Waals surface area contributed by atoms with Gasteiger partial charge in [0.1, 0.15) is 12.2 Å². The van der Waals surface area contributed by atoms with Crippen molar-refractivity contribution in [3.05, 3.63) is 42.0 Å². The number of hydrogen-bond donors (Lipinski definition) is 2. The molecule has 27 heavy (non-hydrogen) atoms. The first-order valence-electron chi connectivity index (χ1n) is 9.14. The average molecular weight is 391 g/mol. The van der Waals surface area contributed by atoms with Crippen molar-refractivity contribution in [2.45, 2.75) is 50.1 Å². The van der Waals surface area contributed by atoms with Gasteiger partial charge in [0.05, 0.1) is 10.9 Å². The number of hydrogen-bond acceptors (Lipinski definition) is 5. The van der Waals surface area contributed by atoms with E-state index in [1.165, 1.54) is 13.4 Å². The lowest BCUT2D eigenvalue weighted by molar-refractivity contribution is -0.122. The number of amides is 1. The zero-order valence-electron chi connectivity index (χ0n) is 15.6. The molecule has 1 aromatic carbocycles. The van der Waals surface area contributed by atoms with E-state index in [9.17, 15) is 13.2 Å². The molecule has 0 aliphatic heterocycles. The first kappa shape index (κ1) is 19.5. The largest absolute Gasteiger partial charge is 0.346 e. The van der Waals surface area contributed by atoms with Gasteiger partial charge in [-0.1, -0.05) is 12.1 Å². The molecule has 1 aromatic heterocycles. The predicted molar refractivity (Wildman–Crippen MR) is 100 cm³/mol. The van der Waals surface area contributed by atoms with Crippen LogP contribution in [0.3, 0.4) is 0 Å². The average Bonchev–Trinajstić information content (AvgIpc) is 3.41. The summed E-state index contributed by atoms with van der Waals surface area (Å²) in [5, 5.41) is 7.30. The monoisotopic (exact) mass is 391 g/mol. The maximum absolute atomic E-state index is 12.5. The molecule has 1 amide bonds. The van der Waals surface area contributed by atoms with Crippen LogP contribution in [0.1, 0.15) is 43.6 Å². The summed E-state index contributed by atoms with van der Waals surface area (Å²) in [5.41, 5.74) is 0.917. The van der Waals surface area contributed by atoms with E-state index in [1.807, 2.05) is 11.6 Å². The third-order valence-electron chi connectivity index (χ3n) is 4.78. The maximum Gasteiger partial charge on any atom is 0.240 e. The Morgan fingerprint density at radius 2 is 2.00 bits per heavy atom. The summed E-state index contributed by atoms with van der Waals surface area (Å²) < 4.78 is 27.6. The number of nitrogens with zero attached hydrogens (tertiary/aromatic N) is 3. The number of benzene rings is 1. The summed E-state index contributed by atoms with van der Waals surface area (Å²) in [4.78, 5) is 17.0. The van der Waals surface area contributed by atoms with E-state index >= 15 is 0 Å². The topological polar surface area (TPSA) is 106 Å². The van der Waals surface area contributed by atoms with Crippen LogP contribution >= 0.6 is 0 Å². The van der Waals surface area contributed by atoms with Crippen molar-refractivity contribution in [1.82, 2.24) is 24.8 Å². The Labute approximate surface area is 159 Å². The molecule has 0 radical (unpaired) electrons.